The summed E-state index contributed by atoms with van der Waals surface area (Å²) in [6.45, 7) is 5.23. The molecule has 6 nitrogen and oxygen atoms in total. The molecule has 6 heteroatoms. The molecule has 0 bridgehead atoms. The minimum atomic E-state index is -0.601. The number of hydrogen-bond acceptors (Lipinski definition) is 4. The molecular weight excluding hydrogens is 332 g/mol. The van der Waals surface area contributed by atoms with Crippen molar-refractivity contribution >= 4 is 17.7 Å². The molecule has 0 spiro atoms. The highest BCUT2D eigenvalue weighted by Crippen LogP contribution is 2.22. The van der Waals surface area contributed by atoms with Crippen molar-refractivity contribution in [1.29, 1.82) is 0 Å². The van der Waals surface area contributed by atoms with Gasteiger partial charge >= 0.3 is 6.09 Å². The maximum Gasteiger partial charge on any atom is 0.410 e. The Morgan fingerprint density at radius 2 is 1.54 bits per heavy atom. The number of rotatable bonds is 5. The quantitative estimate of drug-likeness (QED) is 0.868. The van der Waals surface area contributed by atoms with Gasteiger partial charge in [0, 0.05) is 12.7 Å². The average molecular weight is 356 g/mol. The van der Waals surface area contributed by atoms with Crippen molar-refractivity contribution in [3.63, 3.8) is 0 Å². The number of carbonyl (C=O) groups excluding carboxylic acids is 2. The fourth-order valence-electron chi connectivity index (χ4n) is 2.05. The third kappa shape index (κ3) is 6.47. The third-order valence-corrected chi connectivity index (χ3v) is 3.20. The predicted octanol–water partition coefficient (Wildman–Crippen LogP) is 4.28. The summed E-state index contributed by atoms with van der Waals surface area (Å²) in [7, 11) is 1.52. The number of hydrogen-bond donors (Lipinski definition) is 1. The summed E-state index contributed by atoms with van der Waals surface area (Å²) in [6.07, 6.45) is -0.542. The van der Waals surface area contributed by atoms with Crippen LogP contribution < -0.4 is 10.1 Å². The number of nitrogens with zero attached hydrogens (tertiary/aromatic N) is 1. The molecule has 0 fully saturated rings. The normalized spacial score (nSPS) is 10.8. The largest absolute Gasteiger partial charge is 0.457 e. The summed E-state index contributed by atoms with van der Waals surface area (Å²) in [4.78, 5) is 25.2. The number of benzene rings is 2. The first-order valence-corrected chi connectivity index (χ1v) is 8.30. The highest BCUT2D eigenvalue weighted by atomic mass is 16.6. The maximum absolute atomic E-state index is 12.1. The summed E-state index contributed by atoms with van der Waals surface area (Å²) < 4.78 is 10.9. The van der Waals surface area contributed by atoms with Gasteiger partial charge in [-0.1, -0.05) is 18.2 Å². The standard InChI is InChI=1S/C20H24N2O4/c1-20(2,3)26-19(24)22(4)14-18(23)21-15-10-12-17(13-11-15)25-16-8-6-5-7-9-16/h5-13H,14H2,1-4H3,(H,21,23). The molecule has 26 heavy (non-hydrogen) atoms. The lowest BCUT2D eigenvalue weighted by molar-refractivity contribution is -0.117. The predicted molar refractivity (Wildman–Crippen MR) is 100 cm³/mol. The fraction of sp³-hybridized carbons (Fsp3) is 0.300. The van der Waals surface area contributed by atoms with Crippen molar-refractivity contribution in [1.82, 2.24) is 4.90 Å². The van der Waals surface area contributed by atoms with Crippen molar-refractivity contribution in [3.8, 4) is 11.5 Å². The molecule has 138 valence electrons. The fourth-order valence-corrected chi connectivity index (χ4v) is 2.05. The summed E-state index contributed by atoms with van der Waals surface area (Å²) in [5.41, 5.74) is 0.0177. The first-order valence-electron chi connectivity index (χ1n) is 8.30. The zero-order valence-corrected chi connectivity index (χ0v) is 15.5. The number of likely N-dealkylation sites (N-methyl/N-ethyl adjacent to an activating group) is 1. The van der Waals surface area contributed by atoms with E-state index in [0.29, 0.717) is 11.4 Å². The van der Waals surface area contributed by atoms with E-state index < -0.39 is 11.7 Å². The van der Waals surface area contributed by atoms with Gasteiger partial charge in [-0.3, -0.25) is 4.79 Å². The second-order valence-corrected chi connectivity index (χ2v) is 6.82. The van der Waals surface area contributed by atoms with Crippen LogP contribution in [0.15, 0.2) is 54.6 Å². The first kappa shape index (κ1) is 19.3. The summed E-state index contributed by atoms with van der Waals surface area (Å²) >= 11 is 0. The number of para-hydroxylation sites is 1. The van der Waals surface area contributed by atoms with Crippen LogP contribution in [0, 0.1) is 0 Å². The molecule has 0 aliphatic carbocycles. The highest BCUT2D eigenvalue weighted by Gasteiger charge is 2.21. The van der Waals surface area contributed by atoms with Gasteiger partial charge in [-0.05, 0) is 57.2 Å². The Hall–Kier alpha value is -3.02. The SMILES string of the molecule is CN(CC(=O)Nc1ccc(Oc2ccccc2)cc1)C(=O)OC(C)(C)C. The third-order valence-electron chi connectivity index (χ3n) is 3.20. The van der Waals surface area contributed by atoms with Crippen molar-refractivity contribution in [2.24, 2.45) is 0 Å². The van der Waals surface area contributed by atoms with E-state index in [1.165, 1.54) is 11.9 Å². The molecule has 0 aliphatic rings. The van der Waals surface area contributed by atoms with E-state index in [2.05, 4.69) is 5.32 Å². The van der Waals surface area contributed by atoms with Crippen LogP contribution in [-0.4, -0.2) is 36.1 Å². The van der Waals surface area contributed by atoms with Crippen LogP contribution in [0.3, 0.4) is 0 Å². The van der Waals surface area contributed by atoms with E-state index in [0.717, 1.165) is 5.75 Å². The molecule has 0 unspecified atom stereocenters. The average Bonchev–Trinajstić information content (AvgIpc) is 2.56. The summed E-state index contributed by atoms with van der Waals surface area (Å²) in [6, 6.07) is 16.4. The van der Waals surface area contributed by atoms with E-state index in [1.54, 1.807) is 45.0 Å². The Balaban J connectivity index is 1.86. The van der Waals surface area contributed by atoms with Gasteiger partial charge in [0.25, 0.3) is 0 Å². The highest BCUT2D eigenvalue weighted by molar-refractivity contribution is 5.93. The molecule has 0 saturated carbocycles. The molecule has 0 aromatic heterocycles. The Morgan fingerprint density at radius 3 is 2.12 bits per heavy atom. The lowest BCUT2D eigenvalue weighted by Crippen LogP contribution is -2.38. The van der Waals surface area contributed by atoms with Gasteiger partial charge in [0.05, 0.1) is 0 Å². The van der Waals surface area contributed by atoms with Gasteiger partial charge < -0.3 is 19.7 Å². The smallest absolute Gasteiger partial charge is 0.410 e. The van der Waals surface area contributed by atoms with Crippen LogP contribution in [-0.2, 0) is 9.53 Å². The number of anilines is 1. The molecule has 0 heterocycles. The van der Waals surface area contributed by atoms with Crippen LogP contribution in [0.2, 0.25) is 0 Å². The Morgan fingerprint density at radius 1 is 0.962 bits per heavy atom. The molecule has 1 N–H and O–H groups in total. The van der Waals surface area contributed by atoms with E-state index >= 15 is 0 Å². The van der Waals surface area contributed by atoms with Crippen molar-refractivity contribution in [2.75, 3.05) is 18.9 Å². The minimum absolute atomic E-state index is 0.100. The van der Waals surface area contributed by atoms with Gasteiger partial charge in [0.2, 0.25) is 5.91 Å². The van der Waals surface area contributed by atoms with Gasteiger partial charge in [-0.25, -0.2) is 4.79 Å². The molecule has 2 rings (SSSR count). The second kappa shape index (κ2) is 8.38. The van der Waals surface area contributed by atoms with E-state index in [4.69, 9.17) is 9.47 Å². The van der Waals surface area contributed by atoms with Gasteiger partial charge in [-0.2, -0.15) is 0 Å². The summed E-state index contributed by atoms with van der Waals surface area (Å²) in [5.74, 6) is 1.10. The number of ether oxygens (including phenoxy) is 2. The van der Waals surface area contributed by atoms with Gasteiger partial charge in [0.1, 0.15) is 23.6 Å². The van der Waals surface area contributed by atoms with Crippen LogP contribution in [0.5, 0.6) is 11.5 Å². The van der Waals surface area contributed by atoms with Crippen LogP contribution >= 0.6 is 0 Å². The monoisotopic (exact) mass is 356 g/mol. The van der Waals surface area contributed by atoms with E-state index in [-0.39, 0.29) is 12.5 Å². The Bertz CT molecular complexity index is 737. The van der Waals surface area contributed by atoms with Crippen molar-refractivity contribution in [3.05, 3.63) is 54.6 Å². The van der Waals surface area contributed by atoms with Crippen molar-refractivity contribution in [2.45, 2.75) is 26.4 Å². The minimum Gasteiger partial charge on any atom is -0.457 e. The van der Waals surface area contributed by atoms with Gasteiger partial charge in [0.15, 0.2) is 0 Å². The van der Waals surface area contributed by atoms with E-state index in [1.807, 2.05) is 30.3 Å². The molecule has 2 amide bonds. The topological polar surface area (TPSA) is 67.9 Å². The lowest BCUT2D eigenvalue weighted by Gasteiger charge is -2.24. The number of amides is 2. The molecule has 0 aliphatic heterocycles. The van der Waals surface area contributed by atoms with Gasteiger partial charge in [-0.15, -0.1) is 0 Å². The van der Waals surface area contributed by atoms with Crippen LogP contribution in [0.1, 0.15) is 20.8 Å². The second-order valence-electron chi connectivity index (χ2n) is 6.82. The molecular formula is C20H24N2O4. The molecule has 2 aromatic carbocycles. The Labute approximate surface area is 153 Å². The van der Waals surface area contributed by atoms with Crippen molar-refractivity contribution < 1.29 is 19.1 Å². The number of carbonyl (C=O) groups is 2. The summed E-state index contributed by atoms with van der Waals surface area (Å²) in [5, 5.41) is 2.74. The molecule has 0 saturated heterocycles. The number of nitrogens with one attached hydrogen (secondary N) is 1. The van der Waals surface area contributed by atoms with E-state index in [9.17, 15) is 9.59 Å². The molecule has 0 atom stereocenters. The molecule has 0 radical (unpaired) electrons. The zero-order chi connectivity index (χ0) is 19.2. The Kier molecular flexibility index (Phi) is 6.22. The van der Waals surface area contributed by atoms with Crippen LogP contribution in [0.25, 0.3) is 0 Å². The lowest BCUT2D eigenvalue weighted by atomic mass is 10.2. The first-order chi connectivity index (χ1) is 12.2. The van der Waals surface area contributed by atoms with Crippen LogP contribution in [0.4, 0.5) is 10.5 Å². The zero-order valence-electron chi connectivity index (χ0n) is 15.5. The maximum atomic E-state index is 12.1. The molecule has 2 aromatic rings.